The van der Waals surface area contributed by atoms with Crippen LogP contribution in [0.25, 0.3) is 0 Å². The van der Waals surface area contributed by atoms with Gasteiger partial charge in [-0.25, -0.2) is 8.42 Å². The molecule has 0 aliphatic rings. The number of hydrogen-bond acceptors (Lipinski definition) is 3. The summed E-state index contributed by atoms with van der Waals surface area (Å²) in [6.07, 6.45) is 1.14. The quantitative estimate of drug-likeness (QED) is 0.905. The van der Waals surface area contributed by atoms with Crippen LogP contribution in [0.15, 0.2) is 48.5 Å². The molecular formula is C18H22N2O3S. The fourth-order valence-electron chi connectivity index (χ4n) is 2.49. The third kappa shape index (κ3) is 3.94. The van der Waals surface area contributed by atoms with E-state index in [0.29, 0.717) is 16.8 Å². The Morgan fingerprint density at radius 1 is 1.08 bits per heavy atom. The van der Waals surface area contributed by atoms with E-state index in [1.54, 1.807) is 25.1 Å². The zero-order valence-electron chi connectivity index (χ0n) is 14.3. The van der Waals surface area contributed by atoms with Gasteiger partial charge in [0.25, 0.3) is 5.91 Å². The van der Waals surface area contributed by atoms with E-state index in [-0.39, 0.29) is 11.9 Å². The first-order valence-electron chi connectivity index (χ1n) is 7.61. The number of anilines is 1. The molecule has 2 rings (SSSR count). The maximum absolute atomic E-state index is 12.6. The van der Waals surface area contributed by atoms with Crippen LogP contribution in [0.1, 0.15) is 34.5 Å². The minimum atomic E-state index is -3.39. The number of sulfonamides is 1. The van der Waals surface area contributed by atoms with Crippen LogP contribution in [0.4, 0.5) is 5.69 Å². The first-order chi connectivity index (χ1) is 11.2. The smallest absolute Gasteiger partial charge is 0.252 e. The molecule has 6 heteroatoms. The van der Waals surface area contributed by atoms with Gasteiger partial charge in [-0.3, -0.25) is 9.10 Å². The molecule has 0 heterocycles. The summed E-state index contributed by atoms with van der Waals surface area (Å²) in [5, 5.41) is 2.95. The molecule has 128 valence electrons. The minimum Gasteiger partial charge on any atom is -0.346 e. The minimum absolute atomic E-state index is 0.144. The van der Waals surface area contributed by atoms with Crippen molar-refractivity contribution in [3.63, 3.8) is 0 Å². The van der Waals surface area contributed by atoms with Crippen molar-refractivity contribution in [3.05, 3.63) is 65.2 Å². The fourth-order valence-corrected chi connectivity index (χ4v) is 3.04. The Bertz CT molecular complexity index is 833. The molecule has 0 unspecified atom stereocenters. The van der Waals surface area contributed by atoms with Gasteiger partial charge >= 0.3 is 0 Å². The molecule has 1 N–H and O–H groups in total. The second-order valence-electron chi connectivity index (χ2n) is 5.79. The van der Waals surface area contributed by atoms with Crippen LogP contribution in [0.3, 0.4) is 0 Å². The summed E-state index contributed by atoms with van der Waals surface area (Å²) in [6.45, 7) is 3.66. The maximum Gasteiger partial charge on any atom is 0.252 e. The topological polar surface area (TPSA) is 66.5 Å². The average Bonchev–Trinajstić information content (AvgIpc) is 2.54. The van der Waals surface area contributed by atoms with Gasteiger partial charge in [-0.1, -0.05) is 36.4 Å². The molecular weight excluding hydrogens is 324 g/mol. The highest BCUT2D eigenvalue weighted by Gasteiger charge is 2.19. The molecule has 1 amide bonds. The normalized spacial score (nSPS) is 12.5. The summed E-state index contributed by atoms with van der Waals surface area (Å²) in [5.41, 5.74) is 2.60. The molecule has 2 aromatic rings. The summed E-state index contributed by atoms with van der Waals surface area (Å²) in [7, 11) is -1.91. The monoisotopic (exact) mass is 346 g/mol. The Labute approximate surface area is 143 Å². The SMILES string of the molecule is Cc1c(C(=O)N[C@@H](C)c2ccccc2)cccc1N(C)S(C)(=O)=O. The lowest BCUT2D eigenvalue weighted by Gasteiger charge is -2.21. The molecule has 0 saturated heterocycles. The van der Waals surface area contributed by atoms with E-state index in [2.05, 4.69) is 5.32 Å². The number of carbonyl (C=O) groups is 1. The summed E-state index contributed by atoms with van der Waals surface area (Å²) >= 11 is 0. The van der Waals surface area contributed by atoms with Crippen LogP contribution in [0.2, 0.25) is 0 Å². The average molecular weight is 346 g/mol. The number of rotatable bonds is 5. The lowest BCUT2D eigenvalue weighted by atomic mass is 10.0. The molecule has 0 aromatic heterocycles. The highest BCUT2D eigenvalue weighted by Crippen LogP contribution is 2.24. The van der Waals surface area contributed by atoms with E-state index in [0.717, 1.165) is 11.8 Å². The second-order valence-corrected chi connectivity index (χ2v) is 7.80. The predicted octanol–water partition coefficient (Wildman–Crippen LogP) is 2.88. The Morgan fingerprint density at radius 3 is 2.29 bits per heavy atom. The summed E-state index contributed by atoms with van der Waals surface area (Å²) < 4.78 is 24.7. The van der Waals surface area contributed by atoms with Gasteiger partial charge in [-0.05, 0) is 37.1 Å². The van der Waals surface area contributed by atoms with Crippen LogP contribution >= 0.6 is 0 Å². The van der Waals surface area contributed by atoms with Gasteiger partial charge in [0.05, 0.1) is 18.0 Å². The second kappa shape index (κ2) is 7.05. The van der Waals surface area contributed by atoms with Crippen molar-refractivity contribution in [1.82, 2.24) is 5.32 Å². The third-order valence-electron chi connectivity index (χ3n) is 4.03. The van der Waals surface area contributed by atoms with Crippen molar-refractivity contribution in [2.45, 2.75) is 19.9 Å². The number of carbonyl (C=O) groups excluding carboxylic acids is 1. The highest BCUT2D eigenvalue weighted by atomic mass is 32.2. The molecule has 24 heavy (non-hydrogen) atoms. The summed E-state index contributed by atoms with van der Waals surface area (Å²) in [6, 6.07) is 14.6. The number of hydrogen-bond donors (Lipinski definition) is 1. The van der Waals surface area contributed by atoms with Gasteiger partial charge in [0.1, 0.15) is 0 Å². The van der Waals surface area contributed by atoms with Gasteiger partial charge in [0.15, 0.2) is 0 Å². The first kappa shape index (κ1) is 18.0. The maximum atomic E-state index is 12.6. The zero-order chi connectivity index (χ0) is 17.9. The molecule has 0 fully saturated rings. The van der Waals surface area contributed by atoms with Crippen molar-refractivity contribution in [2.75, 3.05) is 17.6 Å². The Morgan fingerprint density at radius 2 is 1.71 bits per heavy atom. The lowest BCUT2D eigenvalue weighted by Crippen LogP contribution is -2.29. The van der Waals surface area contributed by atoms with E-state index >= 15 is 0 Å². The van der Waals surface area contributed by atoms with Gasteiger partial charge in [0.2, 0.25) is 10.0 Å². The Hall–Kier alpha value is -2.34. The molecule has 2 aromatic carbocycles. The van der Waals surface area contributed by atoms with E-state index in [1.807, 2.05) is 37.3 Å². The molecule has 0 aliphatic carbocycles. The predicted molar refractivity (Wildman–Crippen MR) is 96.7 cm³/mol. The number of nitrogens with zero attached hydrogens (tertiary/aromatic N) is 1. The molecule has 0 radical (unpaired) electrons. The van der Waals surface area contributed by atoms with E-state index < -0.39 is 10.0 Å². The Balaban J connectivity index is 2.28. The van der Waals surface area contributed by atoms with Crippen LogP contribution in [-0.2, 0) is 10.0 Å². The number of nitrogens with one attached hydrogen (secondary N) is 1. The van der Waals surface area contributed by atoms with Crippen LogP contribution in [-0.4, -0.2) is 27.6 Å². The third-order valence-corrected chi connectivity index (χ3v) is 5.23. The largest absolute Gasteiger partial charge is 0.346 e. The van der Waals surface area contributed by atoms with E-state index in [1.165, 1.54) is 11.4 Å². The molecule has 1 atom stereocenters. The molecule has 0 aliphatic heterocycles. The molecule has 0 saturated carbocycles. The molecule has 5 nitrogen and oxygen atoms in total. The van der Waals surface area contributed by atoms with E-state index in [9.17, 15) is 13.2 Å². The van der Waals surface area contributed by atoms with Gasteiger partial charge < -0.3 is 5.32 Å². The van der Waals surface area contributed by atoms with Gasteiger partial charge in [-0.2, -0.15) is 0 Å². The summed E-state index contributed by atoms with van der Waals surface area (Å²) in [4.78, 5) is 12.6. The van der Waals surface area contributed by atoms with Crippen molar-refractivity contribution >= 4 is 21.6 Å². The van der Waals surface area contributed by atoms with E-state index in [4.69, 9.17) is 0 Å². The van der Waals surface area contributed by atoms with Crippen LogP contribution in [0.5, 0.6) is 0 Å². The lowest BCUT2D eigenvalue weighted by molar-refractivity contribution is 0.0939. The van der Waals surface area contributed by atoms with Gasteiger partial charge in [-0.15, -0.1) is 0 Å². The van der Waals surface area contributed by atoms with Gasteiger partial charge in [0, 0.05) is 12.6 Å². The Kier molecular flexibility index (Phi) is 5.29. The van der Waals surface area contributed by atoms with Crippen molar-refractivity contribution in [1.29, 1.82) is 0 Å². The van der Waals surface area contributed by atoms with Crippen molar-refractivity contribution < 1.29 is 13.2 Å². The fraction of sp³-hybridized carbons (Fsp3) is 0.278. The van der Waals surface area contributed by atoms with Crippen molar-refractivity contribution in [3.8, 4) is 0 Å². The number of benzene rings is 2. The summed E-state index contributed by atoms with van der Waals surface area (Å²) in [5.74, 6) is -0.229. The highest BCUT2D eigenvalue weighted by molar-refractivity contribution is 7.92. The number of amides is 1. The van der Waals surface area contributed by atoms with Crippen LogP contribution < -0.4 is 9.62 Å². The molecule has 0 spiro atoms. The van der Waals surface area contributed by atoms with Crippen LogP contribution in [0, 0.1) is 6.92 Å². The van der Waals surface area contributed by atoms with Crippen molar-refractivity contribution in [2.24, 2.45) is 0 Å². The standard InChI is InChI=1S/C18H22N2O3S/c1-13-16(11-8-12-17(13)20(3)24(4,22)23)18(21)19-14(2)15-9-6-5-7-10-15/h5-12,14H,1-4H3,(H,19,21)/t14-/m0/s1. The first-order valence-corrected chi connectivity index (χ1v) is 9.46. The zero-order valence-corrected chi connectivity index (χ0v) is 15.1. The molecule has 0 bridgehead atoms.